The van der Waals surface area contributed by atoms with Crippen LogP contribution in [0.2, 0.25) is 0 Å². The average Bonchev–Trinajstić information content (AvgIpc) is 2.47. The van der Waals surface area contributed by atoms with Crippen LogP contribution in [0.15, 0.2) is 23.4 Å². The molecular formula is C13H20N4O3S. The summed E-state index contributed by atoms with van der Waals surface area (Å²) in [5, 5.41) is 5.71. The number of carbonyl (C=O) groups is 1. The van der Waals surface area contributed by atoms with Crippen molar-refractivity contribution in [3.8, 4) is 0 Å². The topological polar surface area (TPSA) is 100 Å². The molecule has 1 fully saturated rings. The number of carbonyl (C=O) groups excluding carboxylic acids is 1. The summed E-state index contributed by atoms with van der Waals surface area (Å²) in [7, 11) is -3.71. The van der Waals surface area contributed by atoms with Crippen LogP contribution in [0.3, 0.4) is 0 Å². The molecule has 7 nitrogen and oxygen atoms in total. The summed E-state index contributed by atoms with van der Waals surface area (Å²) in [6.07, 6.45) is 3.16. The minimum atomic E-state index is -3.71. The SMILES string of the molecule is CCCNc1cccnc1S(=O)(=O)NC1CCC(=O)NC1. The number of amides is 1. The molecule has 0 spiro atoms. The quantitative estimate of drug-likeness (QED) is 0.708. The molecule has 1 aromatic rings. The highest BCUT2D eigenvalue weighted by Crippen LogP contribution is 2.19. The average molecular weight is 312 g/mol. The summed E-state index contributed by atoms with van der Waals surface area (Å²) in [5.41, 5.74) is 0.492. The van der Waals surface area contributed by atoms with Gasteiger partial charge in [0.05, 0.1) is 5.69 Å². The summed E-state index contributed by atoms with van der Waals surface area (Å²) in [5.74, 6) is -0.0476. The van der Waals surface area contributed by atoms with Crippen LogP contribution in [0.25, 0.3) is 0 Å². The predicted molar refractivity (Wildman–Crippen MR) is 79.4 cm³/mol. The molecule has 0 aliphatic carbocycles. The van der Waals surface area contributed by atoms with Crippen LogP contribution in [-0.2, 0) is 14.8 Å². The number of hydrogen-bond donors (Lipinski definition) is 3. The summed E-state index contributed by atoms with van der Waals surface area (Å²) >= 11 is 0. The minimum Gasteiger partial charge on any atom is -0.383 e. The molecule has 0 saturated carbocycles. The van der Waals surface area contributed by atoms with Crippen molar-refractivity contribution >= 4 is 21.6 Å². The first kappa shape index (κ1) is 15.7. The van der Waals surface area contributed by atoms with E-state index in [1.54, 1.807) is 12.1 Å². The number of piperidine rings is 1. The maximum absolute atomic E-state index is 12.4. The highest BCUT2D eigenvalue weighted by molar-refractivity contribution is 7.89. The zero-order valence-electron chi connectivity index (χ0n) is 11.9. The molecule has 21 heavy (non-hydrogen) atoms. The standard InChI is InChI=1S/C13H20N4O3S/c1-2-7-14-11-4-3-8-15-13(11)21(19,20)17-10-5-6-12(18)16-9-10/h3-4,8,10,14,17H,2,5-7,9H2,1H3,(H,16,18). The van der Waals surface area contributed by atoms with Gasteiger partial charge in [0.2, 0.25) is 5.91 Å². The number of rotatable bonds is 6. The second kappa shape index (κ2) is 6.86. The van der Waals surface area contributed by atoms with Crippen molar-refractivity contribution in [2.24, 2.45) is 0 Å². The number of anilines is 1. The monoisotopic (exact) mass is 312 g/mol. The third-order valence-electron chi connectivity index (χ3n) is 3.18. The van der Waals surface area contributed by atoms with E-state index in [2.05, 4.69) is 20.3 Å². The Balaban J connectivity index is 2.13. The third-order valence-corrected chi connectivity index (χ3v) is 4.66. The Hall–Kier alpha value is -1.67. The minimum absolute atomic E-state index is 0.00431. The fraction of sp³-hybridized carbons (Fsp3) is 0.538. The fourth-order valence-electron chi connectivity index (χ4n) is 2.11. The molecule has 1 atom stereocenters. The van der Waals surface area contributed by atoms with Gasteiger partial charge in [-0.15, -0.1) is 0 Å². The summed E-state index contributed by atoms with van der Waals surface area (Å²) in [6.45, 7) is 2.98. The predicted octanol–water partition coefficient (Wildman–Crippen LogP) is 0.460. The molecule has 0 radical (unpaired) electrons. The molecule has 2 rings (SSSR count). The smallest absolute Gasteiger partial charge is 0.260 e. The van der Waals surface area contributed by atoms with Crippen LogP contribution in [-0.4, -0.2) is 38.4 Å². The lowest BCUT2D eigenvalue weighted by atomic mass is 10.1. The van der Waals surface area contributed by atoms with Gasteiger partial charge in [-0.25, -0.2) is 18.1 Å². The van der Waals surface area contributed by atoms with Gasteiger partial charge in [0.1, 0.15) is 0 Å². The number of pyridine rings is 1. The molecule has 8 heteroatoms. The van der Waals surface area contributed by atoms with E-state index >= 15 is 0 Å². The van der Waals surface area contributed by atoms with E-state index in [0.717, 1.165) is 6.42 Å². The lowest BCUT2D eigenvalue weighted by Gasteiger charge is -2.23. The first-order valence-corrected chi connectivity index (χ1v) is 8.49. The molecule has 1 saturated heterocycles. The second-order valence-corrected chi connectivity index (χ2v) is 6.57. The maximum atomic E-state index is 12.4. The van der Waals surface area contributed by atoms with Gasteiger partial charge in [0.25, 0.3) is 10.0 Å². The van der Waals surface area contributed by atoms with Gasteiger partial charge in [0, 0.05) is 31.7 Å². The molecule has 1 amide bonds. The van der Waals surface area contributed by atoms with E-state index in [9.17, 15) is 13.2 Å². The van der Waals surface area contributed by atoms with Crippen molar-refractivity contribution in [2.45, 2.75) is 37.3 Å². The van der Waals surface area contributed by atoms with Crippen molar-refractivity contribution in [2.75, 3.05) is 18.4 Å². The van der Waals surface area contributed by atoms with Crippen molar-refractivity contribution in [1.82, 2.24) is 15.0 Å². The lowest BCUT2D eigenvalue weighted by Crippen LogP contribution is -2.47. The van der Waals surface area contributed by atoms with Crippen LogP contribution < -0.4 is 15.4 Å². The van der Waals surface area contributed by atoms with Gasteiger partial charge in [-0.1, -0.05) is 6.92 Å². The largest absolute Gasteiger partial charge is 0.383 e. The Morgan fingerprint density at radius 1 is 1.48 bits per heavy atom. The van der Waals surface area contributed by atoms with Crippen LogP contribution in [0.4, 0.5) is 5.69 Å². The highest BCUT2D eigenvalue weighted by Gasteiger charge is 2.26. The highest BCUT2D eigenvalue weighted by atomic mass is 32.2. The fourth-order valence-corrected chi connectivity index (χ4v) is 3.49. The lowest BCUT2D eigenvalue weighted by molar-refractivity contribution is -0.122. The number of nitrogens with one attached hydrogen (secondary N) is 3. The molecular weight excluding hydrogens is 292 g/mol. The molecule has 1 aliphatic rings. The first-order chi connectivity index (χ1) is 10.0. The Morgan fingerprint density at radius 3 is 2.95 bits per heavy atom. The van der Waals surface area contributed by atoms with Crippen LogP contribution >= 0.6 is 0 Å². The number of sulfonamides is 1. The van der Waals surface area contributed by atoms with E-state index in [1.165, 1.54) is 6.20 Å². The van der Waals surface area contributed by atoms with E-state index in [0.29, 0.717) is 31.6 Å². The first-order valence-electron chi connectivity index (χ1n) is 7.01. The zero-order valence-corrected chi connectivity index (χ0v) is 12.7. The van der Waals surface area contributed by atoms with Crippen molar-refractivity contribution < 1.29 is 13.2 Å². The third kappa shape index (κ3) is 4.15. The number of hydrogen-bond acceptors (Lipinski definition) is 5. The summed E-state index contributed by atoms with van der Waals surface area (Å²) in [6, 6.07) is 3.09. The van der Waals surface area contributed by atoms with Crippen molar-refractivity contribution in [3.63, 3.8) is 0 Å². The van der Waals surface area contributed by atoms with Gasteiger partial charge in [-0.3, -0.25) is 4.79 Å². The van der Waals surface area contributed by atoms with Gasteiger partial charge in [-0.05, 0) is 25.0 Å². The van der Waals surface area contributed by atoms with Gasteiger partial charge < -0.3 is 10.6 Å². The summed E-state index contributed by atoms with van der Waals surface area (Å²) in [4.78, 5) is 15.1. The molecule has 2 heterocycles. The Labute approximate surface area is 124 Å². The van der Waals surface area contributed by atoms with E-state index in [1.807, 2.05) is 6.92 Å². The van der Waals surface area contributed by atoms with Crippen LogP contribution in [0.1, 0.15) is 26.2 Å². The summed E-state index contributed by atoms with van der Waals surface area (Å²) < 4.78 is 27.5. The molecule has 1 aromatic heterocycles. The maximum Gasteiger partial charge on any atom is 0.260 e. The Kier molecular flexibility index (Phi) is 5.13. The molecule has 1 aliphatic heterocycles. The van der Waals surface area contributed by atoms with Gasteiger partial charge in [0.15, 0.2) is 5.03 Å². The van der Waals surface area contributed by atoms with Crippen LogP contribution in [0, 0.1) is 0 Å². The number of aromatic nitrogens is 1. The molecule has 1 unspecified atom stereocenters. The molecule has 116 valence electrons. The van der Waals surface area contributed by atoms with Gasteiger partial charge in [-0.2, -0.15) is 0 Å². The molecule has 0 bridgehead atoms. The normalized spacial score (nSPS) is 19.1. The molecule has 3 N–H and O–H groups in total. The van der Waals surface area contributed by atoms with Gasteiger partial charge >= 0.3 is 0 Å². The van der Waals surface area contributed by atoms with E-state index in [4.69, 9.17) is 0 Å². The Morgan fingerprint density at radius 2 is 2.29 bits per heavy atom. The Bertz CT molecular complexity index is 593. The van der Waals surface area contributed by atoms with E-state index < -0.39 is 10.0 Å². The van der Waals surface area contributed by atoms with E-state index in [-0.39, 0.29) is 17.0 Å². The molecule has 0 aromatic carbocycles. The van der Waals surface area contributed by atoms with Crippen molar-refractivity contribution in [1.29, 1.82) is 0 Å². The van der Waals surface area contributed by atoms with Crippen LogP contribution in [0.5, 0.6) is 0 Å². The zero-order chi connectivity index (χ0) is 15.3. The van der Waals surface area contributed by atoms with Crippen molar-refractivity contribution in [3.05, 3.63) is 18.3 Å². The second-order valence-electron chi connectivity index (χ2n) is 4.94. The number of nitrogens with zero attached hydrogens (tertiary/aromatic N) is 1.